The minimum absolute atomic E-state index is 0.229. The Morgan fingerprint density at radius 1 is 1.19 bits per heavy atom. The Morgan fingerprint density at radius 3 is 2.43 bits per heavy atom. The van der Waals surface area contributed by atoms with E-state index in [1.165, 1.54) is 18.3 Å². The first-order chi connectivity index (χ1) is 9.83. The number of sulfonamides is 1. The van der Waals surface area contributed by atoms with Crippen molar-refractivity contribution < 1.29 is 13.2 Å². The summed E-state index contributed by atoms with van der Waals surface area (Å²) in [6.45, 7) is 0. The summed E-state index contributed by atoms with van der Waals surface area (Å²) in [7, 11) is -3.59. The van der Waals surface area contributed by atoms with Crippen molar-refractivity contribution in [1.29, 1.82) is 0 Å². The van der Waals surface area contributed by atoms with Gasteiger partial charge in [0.25, 0.3) is 5.91 Å². The van der Waals surface area contributed by atoms with Crippen LogP contribution in [0.4, 0.5) is 5.69 Å². The van der Waals surface area contributed by atoms with Crippen LogP contribution in [0.25, 0.3) is 0 Å². The fraction of sp³-hybridized carbons (Fsp3) is 0.0769. The molecule has 0 unspecified atom stereocenters. The lowest BCUT2D eigenvalue weighted by molar-refractivity contribution is 0.102. The number of H-pyrrole nitrogens is 1. The average molecular weight is 307 g/mol. The van der Waals surface area contributed by atoms with Crippen LogP contribution in [0.3, 0.4) is 0 Å². The molecule has 7 nitrogen and oxygen atoms in total. The number of rotatable bonds is 4. The number of carbonyl (C=O) groups excluding carboxylic acids is 1. The number of primary sulfonamides is 1. The van der Waals surface area contributed by atoms with Gasteiger partial charge < -0.3 is 10.3 Å². The molecule has 0 atom stereocenters. The maximum absolute atomic E-state index is 11.9. The number of carbonyl (C=O) groups is 1. The Bertz CT molecular complexity index is 810. The van der Waals surface area contributed by atoms with E-state index in [2.05, 4.69) is 10.3 Å². The summed E-state index contributed by atoms with van der Waals surface area (Å²) in [5.74, 6) is -0.699. The Kier molecular flexibility index (Phi) is 4.20. The summed E-state index contributed by atoms with van der Waals surface area (Å²) < 4.78 is 21.9. The maximum Gasteiger partial charge on any atom is 0.255 e. The minimum atomic E-state index is -3.59. The van der Waals surface area contributed by atoms with Crippen molar-refractivity contribution in [2.75, 3.05) is 5.32 Å². The molecule has 1 aromatic carbocycles. The number of amides is 1. The van der Waals surface area contributed by atoms with Gasteiger partial charge >= 0.3 is 0 Å². The molecule has 0 aliphatic carbocycles. The number of nitrogens with one attached hydrogen (secondary N) is 2. The number of aromatic amines is 1. The van der Waals surface area contributed by atoms with Crippen molar-refractivity contribution in [3.05, 3.63) is 64.1 Å². The van der Waals surface area contributed by atoms with E-state index in [0.717, 1.165) is 0 Å². The van der Waals surface area contributed by atoms with Crippen LogP contribution in [0.2, 0.25) is 0 Å². The number of nitrogens with two attached hydrogens (primary N) is 1. The van der Waals surface area contributed by atoms with Gasteiger partial charge in [0.05, 0.1) is 5.75 Å². The first-order valence-electron chi connectivity index (χ1n) is 5.93. The topological polar surface area (TPSA) is 122 Å². The highest BCUT2D eigenvalue weighted by Crippen LogP contribution is 2.12. The monoisotopic (exact) mass is 307 g/mol. The van der Waals surface area contributed by atoms with Gasteiger partial charge in [0.1, 0.15) is 0 Å². The molecule has 4 N–H and O–H groups in total. The molecule has 1 heterocycles. The number of hydrogen-bond donors (Lipinski definition) is 3. The van der Waals surface area contributed by atoms with Gasteiger partial charge in [0.15, 0.2) is 0 Å². The molecule has 0 saturated heterocycles. The molecule has 2 rings (SSSR count). The molecule has 21 heavy (non-hydrogen) atoms. The lowest BCUT2D eigenvalue weighted by atomic mass is 10.2. The van der Waals surface area contributed by atoms with Gasteiger partial charge in [-0.25, -0.2) is 13.6 Å². The summed E-state index contributed by atoms with van der Waals surface area (Å²) in [5.41, 5.74) is 0.864. The summed E-state index contributed by atoms with van der Waals surface area (Å²) in [4.78, 5) is 25.4. The Balaban J connectivity index is 2.10. The molecule has 0 aliphatic rings. The maximum atomic E-state index is 11.9. The van der Waals surface area contributed by atoms with E-state index in [4.69, 9.17) is 5.14 Å². The zero-order chi connectivity index (χ0) is 15.5. The molecule has 1 amide bonds. The van der Waals surface area contributed by atoms with Gasteiger partial charge in [0, 0.05) is 23.5 Å². The molecule has 0 bridgehead atoms. The number of benzene rings is 1. The minimum Gasteiger partial charge on any atom is -0.329 e. The van der Waals surface area contributed by atoms with Crippen molar-refractivity contribution in [2.45, 2.75) is 5.75 Å². The predicted molar refractivity (Wildman–Crippen MR) is 78.3 cm³/mol. The zero-order valence-corrected chi connectivity index (χ0v) is 11.7. The number of pyridine rings is 1. The standard InChI is InChI=1S/C13H13N3O4S/c14-21(19,20)8-9-1-3-11(4-2-9)16-13(18)10-5-6-15-12(17)7-10/h1-7H,8H2,(H,15,17)(H,16,18)(H2,14,19,20). The largest absolute Gasteiger partial charge is 0.329 e. The fourth-order valence-corrected chi connectivity index (χ4v) is 2.36. The molecule has 8 heteroatoms. The van der Waals surface area contributed by atoms with Crippen molar-refractivity contribution in [2.24, 2.45) is 5.14 Å². The van der Waals surface area contributed by atoms with E-state index in [-0.39, 0.29) is 16.9 Å². The van der Waals surface area contributed by atoms with Gasteiger partial charge in [0.2, 0.25) is 15.6 Å². The first-order valence-corrected chi connectivity index (χ1v) is 7.64. The van der Waals surface area contributed by atoms with Gasteiger partial charge in [-0.05, 0) is 23.8 Å². The molecule has 110 valence electrons. The SMILES string of the molecule is NS(=O)(=O)Cc1ccc(NC(=O)c2cc[nH]c(=O)c2)cc1. The van der Waals surface area contributed by atoms with Crippen molar-refractivity contribution in [3.8, 4) is 0 Å². The van der Waals surface area contributed by atoms with Crippen LogP contribution >= 0.6 is 0 Å². The van der Waals surface area contributed by atoms with Crippen LogP contribution < -0.4 is 16.0 Å². The van der Waals surface area contributed by atoms with Gasteiger partial charge in [-0.3, -0.25) is 9.59 Å². The van der Waals surface area contributed by atoms with Crippen LogP contribution in [-0.4, -0.2) is 19.3 Å². The first kappa shape index (κ1) is 14.9. The van der Waals surface area contributed by atoms with Gasteiger partial charge in [-0.2, -0.15) is 0 Å². The third-order valence-corrected chi connectivity index (χ3v) is 3.35. The highest BCUT2D eigenvalue weighted by atomic mass is 32.2. The van der Waals surface area contributed by atoms with E-state index in [1.807, 2.05) is 0 Å². The second-order valence-electron chi connectivity index (χ2n) is 4.40. The fourth-order valence-electron chi connectivity index (χ4n) is 1.71. The molecule has 2 aromatic rings. The van der Waals surface area contributed by atoms with E-state index < -0.39 is 15.9 Å². The van der Waals surface area contributed by atoms with Crippen LogP contribution in [0.5, 0.6) is 0 Å². The summed E-state index contributed by atoms with van der Waals surface area (Å²) in [6.07, 6.45) is 1.38. The third kappa shape index (κ3) is 4.55. The smallest absolute Gasteiger partial charge is 0.255 e. The zero-order valence-electron chi connectivity index (χ0n) is 10.9. The summed E-state index contributed by atoms with van der Waals surface area (Å²) in [6, 6.07) is 8.89. The van der Waals surface area contributed by atoms with Crippen molar-refractivity contribution in [1.82, 2.24) is 4.98 Å². The number of hydrogen-bond acceptors (Lipinski definition) is 4. The van der Waals surface area contributed by atoms with Crippen molar-refractivity contribution in [3.63, 3.8) is 0 Å². The Hall–Kier alpha value is -2.45. The second-order valence-corrected chi connectivity index (χ2v) is 6.01. The predicted octanol–water partition coefficient (Wildman–Crippen LogP) is 0.416. The Morgan fingerprint density at radius 2 is 1.86 bits per heavy atom. The van der Waals surface area contributed by atoms with E-state index in [9.17, 15) is 18.0 Å². The molecule has 0 saturated carbocycles. The average Bonchev–Trinajstić information content (AvgIpc) is 2.39. The Labute approximate surface area is 120 Å². The highest BCUT2D eigenvalue weighted by Gasteiger charge is 2.08. The third-order valence-electron chi connectivity index (χ3n) is 2.62. The van der Waals surface area contributed by atoms with E-state index >= 15 is 0 Å². The molecule has 1 aromatic heterocycles. The van der Waals surface area contributed by atoms with Crippen LogP contribution in [0.15, 0.2) is 47.4 Å². The lowest BCUT2D eigenvalue weighted by Gasteiger charge is -2.06. The summed E-state index contributed by atoms with van der Waals surface area (Å²) >= 11 is 0. The van der Waals surface area contributed by atoms with Gasteiger partial charge in [-0.1, -0.05) is 12.1 Å². The van der Waals surface area contributed by atoms with E-state index in [1.54, 1.807) is 24.3 Å². The van der Waals surface area contributed by atoms with Crippen LogP contribution in [-0.2, 0) is 15.8 Å². The lowest BCUT2D eigenvalue weighted by Crippen LogP contribution is -2.16. The van der Waals surface area contributed by atoms with Gasteiger partial charge in [-0.15, -0.1) is 0 Å². The van der Waals surface area contributed by atoms with Crippen molar-refractivity contribution >= 4 is 21.6 Å². The number of aromatic nitrogens is 1. The molecule has 0 spiro atoms. The molecular weight excluding hydrogens is 294 g/mol. The molecule has 0 radical (unpaired) electrons. The van der Waals surface area contributed by atoms with Crippen LogP contribution in [0.1, 0.15) is 15.9 Å². The van der Waals surface area contributed by atoms with Crippen LogP contribution in [0, 0.1) is 0 Å². The quantitative estimate of drug-likeness (QED) is 0.757. The van der Waals surface area contributed by atoms with E-state index in [0.29, 0.717) is 11.3 Å². The molecule has 0 fully saturated rings. The molecular formula is C13H13N3O4S. The normalized spacial score (nSPS) is 11.1. The summed E-state index contributed by atoms with van der Waals surface area (Å²) in [5, 5.41) is 7.55. The molecule has 0 aliphatic heterocycles. The number of anilines is 1. The second kappa shape index (κ2) is 5.90. The highest BCUT2D eigenvalue weighted by molar-refractivity contribution is 7.88.